The Balaban J connectivity index is 2.83. The minimum atomic E-state index is -3.62. The molecule has 0 saturated heterocycles. The molecule has 21 heavy (non-hydrogen) atoms. The lowest BCUT2D eigenvalue weighted by atomic mass is 10.2. The maximum absolute atomic E-state index is 12.3. The molecule has 1 aromatic rings. The van der Waals surface area contributed by atoms with E-state index in [9.17, 15) is 8.42 Å². The molecule has 0 fully saturated rings. The molecule has 0 heterocycles. The first-order valence-electron chi connectivity index (χ1n) is 6.98. The second-order valence-corrected chi connectivity index (χ2v) is 6.30. The molecule has 7 heteroatoms. The molecule has 0 aliphatic heterocycles. The van der Waals surface area contributed by atoms with Crippen LogP contribution in [0.15, 0.2) is 23.1 Å². The number of hydrogen-bond donors (Lipinski definition) is 2. The van der Waals surface area contributed by atoms with Gasteiger partial charge in [0.15, 0.2) is 0 Å². The summed E-state index contributed by atoms with van der Waals surface area (Å²) in [5.41, 5.74) is 0.606. The highest BCUT2D eigenvalue weighted by Crippen LogP contribution is 2.24. The third kappa shape index (κ3) is 4.96. The zero-order valence-electron chi connectivity index (χ0n) is 12.8. The Morgan fingerprint density at radius 1 is 1.29 bits per heavy atom. The van der Waals surface area contributed by atoms with Crippen LogP contribution in [0.4, 0.5) is 0 Å². The van der Waals surface area contributed by atoms with E-state index >= 15 is 0 Å². The first kappa shape index (κ1) is 17.9. The van der Waals surface area contributed by atoms with Crippen molar-refractivity contribution in [3.8, 4) is 5.75 Å². The van der Waals surface area contributed by atoms with Gasteiger partial charge in [0, 0.05) is 13.1 Å². The number of methoxy groups -OCH3 is 1. The third-order valence-electron chi connectivity index (χ3n) is 3.31. The molecule has 0 aromatic heterocycles. The van der Waals surface area contributed by atoms with Gasteiger partial charge in [0.05, 0.1) is 13.7 Å². The van der Waals surface area contributed by atoms with Gasteiger partial charge in [-0.2, -0.15) is 0 Å². The summed E-state index contributed by atoms with van der Waals surface area (Å²) < 4.78 is 32.3. The maximum Gasteiger partial charge on any atom is 0.244 e. The number of nitrogens with zero attached hydrogens (tertiary/aromatic N) is 1. The summed E-state index contributed by atoms with van der Waals surface area (Å²) in [6, 6.07) is 4.55. The number of sulfonamides is 1. The second kappa shape index (κ2) is 8.33. The summed E-state index contributed by atoms with van der Waals surface area (Å²) in [6.45, 7) is 6.67. The zero-order valence-corrected chi connectivity index (χ0v) is 13.6. The maximum atomic E-state index is 12.3. The van der Waals surface area contributed by atoms with E-state index in [-0.39, 0.29) is 17.3 Å². The fourth-order valence-electron chi connectivity index (χ4n) is 1.99. The molecule has 0 atom stereocenters. The molecule has 1 aromatic carbocycles. The number of ether oxygens (including phenoxy) is 1. The molecule has 0 amide bonds. The van der Waals surface area contributed by atoms with Gasteiger partial charge >= 0.3 is 0 Å². The topological polar surface area (TPSA) is 78.9 Å². The van der Waals surface area contributed by atoms with Crippen LogP contribution in [-0.4, -0.2) is 51.7 Å². The van der Waals surface area contributed by atoms with Crippen LogP contribution in [-0.2, 0) is 16.6 Å². The van der Waals surface area contributed by atoms with E-state index in [2.05, 4.69) is 9.62 Å². The van der Waals surface area contributed by atoms with Crippen LogP contribution in [0.2, 0.25) is 0 Å². The average Bonchev–Trinajstić information content (AvgIpc) is 2.50. The van der Waals surface area contributed by atoms with Crippen LogP contribution in [0, 0.1) is 0 Å². The van der Waals surface area contributed by atoms with Crippen molar-refractivity contribution in [2.24, 2.45) is 0 Å². The van der Waals surface area contributed by atoms with Crippen LogP contribution < -0.4 is 9.46 Å². The lowest BCUT2D eigenvalue weighted by Crippen LogP contribution is -2.34. The Morgan fingerprint density at radius 3 is 2.48 bits per heavy atom. The fourth-order valence-corrected chi connectivity index (χ4v) is 3.16. The SMILES string of the molecule is CCN(CC)CCNS(=O)(=O)c1ccc(CO)cc1OC. The number of rotatable bonds is 9. The van der Waals surface area contributed by atoms with Crippen molar-refractivity contribution >= 4 is 10.0 Å². The summed E-state index contributed by atoms with van der Waals surface area (Å²) in [5.74, 6) is 0.233. The molecule has 2 N–H and O–H groups in total. The Morgan fingerprint density at radius 2 is 1.95 bits per heavy atom. The van der Waals surface area contributed by atoms with E-state index in [1.807, 2.05) is 13.8 Å². The number of benzene rings is 1. The third-order valence-corrected chi connectivity index (χ3v) is 4.82. The Bertz CT molecular complexity index is 542. The molecule has 0 saturated carbocycles. The molecule has 0 aliphatic carbocycles. The van der Waals surface area contributed by atoms with E-state index in [0.29, 0.717) is 18.7 Å². The minimum Gasteiger partial charge on any atom is -0.495 e. The van der Waals surface area contributed by atoms with E-state index < -0.39 is 10.0 Å². The molecule has 0 unspecified atom stereocenters. The molecule has 120 valence electrons. The molecule has 0 radical (unpaired) electrons. The van der Waals surface area contributed by atoms with Crippen molar-refractivity contribution < 1.29 is 18.3 Å². The number of aliphatic hydroxyl groups is 1. The number of likely N-dealkylation sites (N-methyl/N-ethyl adjacent to an activating group) is 1. The normalized spacial score (nSPS) is 11.9. The monoisotopic (exact) mass is 316 g/mol. The standard InChI is InChI=1S/C14H24N2O4S/c1-4-16(5-2)9-8-15-21(18,19)14-7-6-12(11-17)10-13(14)20-3/h6-7,10,15,17H,4-5,8-9,11H2,1-3H3. The summed E-state index contributed by atoms with van der Waals surface area (Å²) >= 11 is 0. The van der Waals surface area contributed by atoms with Gasteiger partial charge in [0.25, 0.3) is 0 Å². The Kier molecular flexibility index (Phi) is 7.10. The summed E-state index contributed by atoms with van der Waals surface area (Å²) in [4.78, 5) is 2.22. The van der Waals surface area contributed by atoms with Crippen LogP contribution >= 0.6 is 0 Å². The summed E-state index contributed by atoms with van der Waals surface area (Å²) in [7, 11) is -2.22. The molecular weight excluding hydrogens is 292 g/mol. The van der Waals surface area contributed by atoms with Gasteiger partial charge in [0.2, 0.25) is 10.0 Å². The van der Waals surface area contributed by atoms with E-state index in [4.69, 9.17) is 9.84 Å². The number of nitrogens with one attached hydrogen (secondary N) is 1. The van der Waals surface area contributed by atoms with Crippen molar-refractivity contribution in [1.29, 1.82) is 0 Å². The highest BCUT2D eigenvalue weighted by atomic mass is 32.2. The van der Waals surface area contributed by atoms with Crippen molar-refractivity contribution in [2.75, 3.05) is 33.3 Å². The van der Waals surface area contributed by atoms with Crippen LogP contribution in [0.3, 0.4) is 0 Å². The lowest BCUT2D eigenvalue weighted by Gasteiger charge is -2.18. The molecule has 0 aliphatic rings. The zero-order chi connectivity index (χ0) is 15.9. The van der Waals surface area contributed by atoms with Gasteiger partial charge in [0.1, 0.15) is 10.6 Å². The van der Waals surface area contributed by atoms with Gasteiger partial charge in [-0.3, -0.25) is 0 Å². The van der Waals surface area contributed by atoms with Crippen molar-refractivity contribution in [2.45, 2.75) is 25.3 Å². The van der Waals surface area contributed by atoms with Crippen molar-refractivity contribution in [3.05, 3.63) is 23.8 Å². The summed E-state index contributed by atoms with van der Waals surface area (Å²) in [5, 5.41) is 9.08. The van der Waals surface area contributed by atoms with Gasteiger partial charge in [-0.1, -0.05) is 19.9 Å². The van der Waals surface area contributed by atoms with Gasteiger partial charge < -0.3 is 14.7 Å². The average molecular weight is 316 g/mol. The Labute approximate surface area is 126 Å². The second-order valence-electron chi connectivity index (χ2n) is 4.57. The molecule has 0 bridgehead atoms. The van der Waals surface area contributed by atoms with Gasteiger partial charge in [-0.15, -0.1) is 0 Å². The Hall–Kier alpha value is -1.15. The molecule has 0 spiro atoms. The van der Waals surface area contributed by atoms with Gasteiger partial charge in [-0.05, 0) is 30.8 Å². The predicted molar refractivity (Wildman–Crippen MR) is 81.9 cm³/mol. The van der Waals surface area contributed by atoms with Crippen LogP contribution in [0.5, 0.6) is 5.75 Å². The highest BCUT2D eigenvalue weighted by molar-refractivity contribution is 7.89. The minimum absolute atomic E-state index is 0.0850. The van der Waals surface area contributed by atoms with Crippen LogP contribution in [0.25, 0.3) is 0 Å². The first-order valence-corrected chi connectivity index (χ1v) is 8.46. The van der Waals surface area contributed by atoms with Gasteiger partial charge in [-0.25, -0.2) is 13.1 Å². The molecular formula is C14H24N2O4S. The predicted octanol–water partition coefficient (Wildman–Crippen LogP) is 0.808. The van der Waals surface area contributed by atoms with Crippen molar-refractivity contribution in [3.63, 3.8) is 0 Å². The first-order chi connectivity index (χ1) is 9.98. The largest absolute Gasteiger partial charge is 0.495 e. The number of hydrogen-bond acceptors (Lipinski definition) is 5. The van der Waals surface area contributed by atoms with Crippen molar-refractivity contribution in [1.82, 2.24) is 9.62 Å². The number of aliphatic hydroxyl groups excluding tert-OH is 1. The highest BCUT2D eigenvalue weighted by Gasteiger charge is 2.19. The van der Waals surface area contributed by atoms with E-state index in [1.54, 1.807) is 6.07 Å². The molecule has 6 nitrogen and oxygen atoms in total. The van der Waals surface area contributed by atoms with E-state index in [1.165, 1.54) is 19.2 Å². The smallest absolute Gasteiger partial charge is 0.244 e. The summed E-state index contributed by atoms with van der Waals surface area (Å²) in [6.07, 6.45) is 0. The van der Waals surface area contributed by atoms with Crippen LogP contribution in [0.1, 0.15) is 19.4 Å². The fraction of sp³-hybridized carbons (Fsp3) is 0.571. The molecule has 1 rings (SSSR count). The quantitative estimate of drug-likeness (QED) is 0.705. The van der Waals surface area contributed by atoms with E-state index in [0.717, 1.165) is 13.1 Å². The lowest BCUT2D eigenvalue weighted by molar-refractivity contribution is 0.280.